The van der Waals surface area contributed by atoms with Crippen molar-refractivity contribution in [3.05, 3.63) is 36.5 Å². The van der Waals surface area contributed by atoms with Crippen LogP contribution in [-0.2, 0) is 14.4 Å². The molecule has 0 radical (unpaired) electrons. The van der Waals surface area contributed by atoms with E-state index in [2.05, 4.69) is 13.2 Å². The van der Waals surface area contributed by atoms with Crippen molar-refractivity contribution in [2.24, 2.45) is 0 Å². The first kappa shape index (κ1) is 13.8. The van der Waals surface area contributed by atoms with Crippen LogP contribution in [0, 0.1) is 0 Å². The van der Waals surface area contributed by atoms with Gasteiger partial charge in [0.2, 0.25) is 5.91 Å². The summed E-state index contributed by atoms with van der Waals surface area (Å²) in [5, 5.41) is 10.6. The summed E-state index contributed by atoms with van der Waals surface area (Å²) in [6.45, 7) is 7.97. The first-order valence-electron chi connectivity index (χ1n) is 4.44. The first-order chi connectivity index (χ1) is 7.38. The summed E-state index contributed by atoms with van der Waals surface area (Å²) < 4.78 is 0. The maximum absolute atomic E-state index is 11.3. The molecular formula is C11H13NO4. The molecule has 0 aromatic heterocycles. The summed E-state index contributed by atoms with van der Waals surface area (Å²) in [6.07, 6.45) is 2.42. The number of amides is 2. The van der Waals surface area contributed by atoms with Gasteiger partial charge in [0.25, 0.3) is 5.91 Å². The first-order valence-corrected chi connectivity index (χ1v) is 4.44. The molecule has 0 aromatic rings. The average molecular weight is 223 g/mol. The molecule has 2 amide bonds. The van der Waals surface area contributed by atoms with E-state index < -0.39 is 17.8 Å². The number of rotatable bonds is 5. The summed E-state index contributed by atoms with van der Waals surface area (Å²) in [4.78, 5) is 32.5. The lowest BCUT2D eigenvalue weighted by Crippen LogP contribution is -2.29. The highest BCUT2D eigenvalue weighted by Gasteiger charge is 2.07. The SMILES string of the molecule is C=CC(=O)NC(=O)C(C)=CCC(=C)C(=O)O. The van der Waals surface area contributed by atoms with Crippen LogP contribution in [0.3, 0.4) is 0 Å². The maximum Gasteiger partial charge on any atom is 0.331 e. The van der Waals surface area contributed by atoms with Gasteiger partial charge in [-0.25, -0.2) is 4.79 Å². The van der Waals surface area contributed by atoms with E-state index in [4.69, 9.17) is 5.11 Å². The molecule has 0 aliphatic heterocycles. The van der Waals surface area contributed by atoms with Gasteiger partial charge in [0, 0.05) is 11.1 Å². The van der Waals surface area contributed by atoms with E-state index in [0.29, 0.717) is 0 Å². The Hall–Kier alpha value is -2.17. The number of hydrogen-bond donors (Lipinski definition) is 2. The molecule has 0 aliphatic carbocycles. The maximum atomic E-state index is 11.3. The Bertz CT molecular complexity index is 379. The van der Waals surface area contributed by atoms with Crippen LogP contribution >= 0.6 is 0 Å². The van der Waals surface area contributed by atoms with Crippen LogP contribution in [0.1, 0.15) is 13.3 Å². The lowest BCUT2D eigenvalue weighted by atomic mass is 10.1. The number of imide groups is 1. The molecule has 2 N–H and O–H groups in total. The van der Waals surface area contributed by atoms with Gasteiger partial charge in [0.15, 0.2) is 0 Å². The Labute approximate surface area is 93.1 Å². The fraction of sp³-hybridized carbons (Fsp3) is 0.182. The van der Waals surface area contributed by atoms with Gasteiger partial charge in [-0.15, -0.1) is 0 Å². The van der Waals surface area contributed by atoms with Gasteiger partial charge < -0.3 is 5.11 Å². The average Bonchev–Trinajstić information content (AvgIpc) is 2.24. The van der Waals surface area contributed by atoms with Crippen LogP contribution in [0.15, 0.2) is 36.5 Å². The molecule has 16 heavy (non-hydrogen) atoms. The fourth-order valence-corrected chi connectivity index (χ4v) is 0.718. The number of aliphatic carboxylic acids is 1. The molecule has 0 unspecified atom stereocenters. The number of carbonyl (C=O) groups is 3. The molecule has 0 fully saturated rings. The Morgan fingerprint density at radius 2 is 1.94 bits per heavy atom. The predicted octanol–water partition coefficient (Wildman–Crippen LogP) is 0.792. The molecule has 0 aromatic carbocycles. The molecule has 0 aliphatic rings. The number of carboxylic acid groups (broad SMARTS) is 1. The minimum absolute atomic E-state index is 0.0257. The second-order valence-corrected chi connectivity index (χ2v) is 3.02. The van der Waals surface area contributed by atoms with Gasteiger partial charge in [-0.3, -0.25) is 14.9 Å². The monoisotopic (exact) mass is 223 g/mol. The van der Waals surface area contributed by atoms with Gasteiger partial charge in [-0.2, -0.15) is 0 Å². The highest BCUT2D eigenvalue weighted by atomic mass is 16.4. The molecular weight excluding hydrogens is 210 g/mol. The van der Waals surface area contributed by atoms with Crippen molar-refractivity contribution in [2.45, 2.75) is 13.3 Å². The van der Waals surface area contributed by atoms with Gasteiger partial charge >= 0.3 is 5.97 Å². The lowest BCUT2D eigenvalue weighted by Gasteiger charge is -2.01. The van der Waals surface area contributed by atoms with E-state index >= 15 is 0 Å². The van der Waals surface area contributed by atoms with Crippen molar-refractivity contribution in [2.75, 3.05) is 0 Å². The minimum atomic E-state index is -1.12. The van der Waals surface area contributed by atoms with Gasteiger partial charge in [-0.05, 0) is 19.4 Å². The van der Waals surface area contributed by atoms with Crippen LogP contribution in [0.5, 0.6) is 0 Å². The summed E-state index contributed by atoms with van der Waals surface area (Å²) >= 11 is 0. The van der Waals surface area contributed by atoms with Crippen LogP contribution < -0.4 is 5.32 Å². The zero-order chi connectivity index (χ0) is 12.7. The largest absolute Gasteiger partial charge is 0.478 e. The standard InChI is InChI=1S/C11H13NO4/c1-4-9(13)12-10(14)7(2)5-6-8(3)11(15)16/h4-5H,1,3,6H2,2H3,(H,15,16)(H,12,13,14). The number of carbonyl (C=O) groups excluding carboxylic acids is 2. The van der Waals surface area contributed by atoms with Crippen molar-refractivity contribution in [1.82, 2.24) is 5.32 Å². The molecule has 0 heterocycles. The molecule has 0 saturated heterocycles. The van der Waals surface area contributed by atoms with E-state index in [-0.39, 0.29) is 17.6 Å². The second kappa shape index (κ2) is 6.34. The second-order valence-electron chi connectivity index (χ2n) is 3.02. The highest BCUT2D eigenvalue weighted by Crippen LogP contribution is 2.03. The Balaban J connectivity index is 4.38. The Kier molecular flexibility index (Phi) is 5.48. The van der Waals surface area contributed by atoms with Crippen molar-refractivity contribution in [3.63, 3.8) is 0 Å². The van der Waals surface area contributed by atoms with Crippen LogP contribution in [-0.4, -0.2) is 22.9 Å². The summed E-state index contributed by atoms with van der Waals surface area (Å²) in [6, 6.07) is 0. The number of allylic oxidation sites excluding steroid dienone is 1. The topological polar surface area (TPSA) is 83.5 Å². The van der Waals surface area contributed by atoms with Crippen LogP contribution in [0.25, 0.3) is 0 Å². The summed E-state index contributed by atoms with van der Waals surface area (Å²) in [5.74, 6) is -2.30. The summed E-state index contributed by atoms with van der Waals surface area (Å²) in [7, 11) is 0. The Morgan fingerprint density at radius 1 is 1.38 bits per heavy atom. The molecule has 0 saturated carbocycles. The van der Waals surface area contributed by atoms with Gasteiger partial charge in [-0.1, -0.05) is 19.2 Å². The van der Waals surface area contributed by atoms with Gasteiger partial charge in [0.1, 0.15) is 0 Å². The molecule has 0 spiro atoms. The van der Waals surface area contributed by atoms with Crippen molar-refractivity contribution >= 4 is 17.8 Å². The summed E-state index contributed by atoms with van der Waals surface area (Å²) in [5.41, 5.74) is 0.222. The third kappa shape index (κ3) is 4.90. The third-order valence-electron chi connectivity index (χ3n) is 1.74. The molecule has 0 bridgehead atoms. The van der Waals surface area contributed by atoms with E-state index in [1.165, 1.54) is 13.0 Å². The van der Waals surface area contributed by atoms with Crippen LogP contribution in [0.2, 0.25) is 0 Å². The van der Waals surface area contributed by atoms with E-state index in [1.54, 1.807) is 0 Å². The smallest absolute Gasteiger partial charge is 0.331 e. The quantitative estimate of drug-likeness (QED) is 0.675. The van der Waals surface area contributed by atoms with Gasteiger partial charge in [0.05, 0.1) is 0 Å². The number of hydrogen-bond acceptors (Lipinski definition) is 3. The van der Waals surface area contributed by atoms with Crippen molar-refractivity contribution in [1.29, 1.82) is 0 Å². The minimum Gasteiger partial charge on any atom is -0.478 e. The van der Waals surface area contributed by atoms with E-state index in [9.17, 15) is 14.4 Å². The normalized spacial score (nSPS) is 10.4. The predicted molar refractivity (Wildman–Crippen MR) is 58.5 cm³/mol. The molecule has 5 heteroatoms. The van der Waals surface area contributed by atoms with E-state index in [0.717, 1.165) is 6.08 Å². The lowest BCUT2D eigenvalue weighted by molar-refractivity contribution is -0.132. The third-order valence-corrected chi connectivity index (χ3v) is 1.74. The fourth-order valence-electron chi connectivity index (χ4n) is 0.718. The zero-order valence-corrected chi connectivity index (χ0v) is 8.95. The Morgan fingerprint density at radius 3 is 2.38 bits per heavy atom. The van der Waals surface area contributed by atoms with Crippen LogP contribution in [0.4, 0.5) is 0 Å². The highest BCUT2D eigenvalue weighted by molar-refractivity contribution is 6.07. The van der Waals surface area contributed by atoms with Crippen molar-refractivity contribution < 1.29 is 19.5 Å². The zero-order valence-electron chi connectivity index (χ0n) is 8.95. The molecule has 5 nitrogen and oxygen atoms in total. The number of nitrogens with one attached hydrogen (secondary N) is 1. The van der Waals surface area contributed by atoms with Crippen molar-refractivity contribution in [3.8, 4) is 0 Å². The van der Waals surface area contributed by atoms with E-state index in [1.807, 2.05) is 5.32 Å². The molecule has 0 rings (SSSR count). The number of carboxylic acids is 1. The molecule has 86 valence electrons. The molecule has 0 atom stereocenters.